The lowest BCUT2D eigenvalue weighted by atomic mass is 9.95. The monoisotopic (exact) mass is 294 g/mol. The molecule has 1 aliphatic rings. The Balaban J connectivity index is 2.04. The van der Waals surface area contributed by atoms with Gasteiger partial charge in [-0.25, -0.2) is 0 Å². The van der Waals surface area contributed by atoms with Crippen LogP contribution in [0.25, 0.3) is 22.2 Å². The zero-order valence-corrected chi connectivity index (χ0v) is 13.0. The summed E-state index contributed by atoms with van der Waals surface area (Å²) in [4.78, 5) is 0. The molecule has 0 saturated heterocycles. The summed E-state index contributed by atoms with van der Waals surface area (Å²) in [6.45, 7) is 3.00. The van der Waals surface area contributed by atoms with Gasteiger partial charge in [0.2, 0.25) is 0 Å². The molecule has 0 fully saturated rings. The van der Waals surface area contributed by atoms with Gasteiger partial charge in [-0.3, -0.25) is 4.68 Å². The number of benzene rings is 2. The minimum atomic E-state index is 0.761. The van der Waals surface area contributed by atoms with Crippen molar-refractivity contribution < 1.29 is 9.47 Å². The van der Waals surface area contributed by atoms with Crippen LogP contribution >= 0.6 is 0 Å². The van der Waals surface area contributed by atoms with E-state index < -0.39 is 0 Å². The van der Waals surface area contributed by atoms with Gasteiger partial charge in [0.25, 0.3) is 0 Å². The van der Waals surface area contributed by atoms with Gasteiger partial charge in [-0.1, -0.05) is 18.2 Å². The molecule has 2 heterocycles. The highest BCUT2D eigenvalue weighted by Gasteiger charge is 2.23. The van der Waals surface area contributed by atoms with E-state index in [1.807, 2.05) is 0 Å². The number of ether oxygens (including phenoxy) is 2. The van der Waals surface area contributed by atoms with E-state index in [0.29, 0.717) is 0 Å². The van der Waals surface area contributed by atoms with Crippen molar-refractivity contribution in [1.29, 1.82) is 0 Å². The Hall–Kier alpha value is -2.49. The average molecular weight is 294 g/mol. The molecular weight excluding hydrogens is 276 g/mol. The van der Waals surface area contributed by atoms with Gasteiger partial charge in [0, 0.05) is 17.5 Å². The number of nitrogens with zero attached hydrogens (tertiary/aromatic N) is 2. The van der Waals surface area contributed by atoms with E-state index in [-0.39, 0.29) is 0 Å². The Morgan fingerprint density at radius 3 is 2.64 bits per heavy atom. The van der Waals surface area contributed by atoms with E-state index in [9.17, 15) is 0 Å². The molecule has 112 valence electrons. The lowest BCUT2D eigenvalue weighted by Gasteiger charge is -2.20. The largest absolute Gasteiger partial charge is 0.493 e. The Kier molecular flexibility index (Phi) is 2.86. The standard InChI is InChI=1S/C18H18N2O2/c1-11-5-4-6-13-17(11)19-20-8-7-12-9-15(21-2)16(22-3)10-14(12)18(13)20/h4-6,9-10H,7-8H2,1-3H3. The minimum Gasteiger partial charge on any atom is -0.493 e. The van der Waals surface area contributed by atoms with Crippen LogP contribution in [-0.4, -0.2) is 24.0 Å². The summed E-state index contributed by atoms with van der Waals surface area (Å²) in [6, 6.07) is 10.5. The third-order valence-electron chi connectivity index (χ3n) is 4.43. The molecule has 0 atom stereocenters. The molecule has 4 heteroatoms. The van der Waals surface area contributed by atoms with Crippen LogP contribution in [0.2, 0.25) is 0 Å². The minimum absolute atomic E-state index is 0.761. The van der Waals surface area contributed by atoms with Crippen molar-refractivity contribution in [3.63, 3.8) is 0 Å². The molecule has 22 heavy (non-hydrogen) atoms. The van der Waals surface area contributed by atoms with Crippen LogP contribution in [0.15, 0.2) is 30.3 Å². The summed E-state index contributed by atoms with van der Waals surface area (Å²) in [5.41, 5.74) is 5.95. The molecule has 0 unspecified atom stereocenters. The Labute approximate surface area is 129 Å². The second kappa shape index (κ2) is 4.77. The summed E-state index contributed by atoms with van der Waals surface area (Å²) < 4.78 is 13.0. The van der Waals surface area contributed by atoms with Crippen molar-refractivity contribution in [1.82, 2.24) is 9.78 Å². The molecule has 0 saturated carbocycles. The third-order valence-corrected chi connectivity index (χ3v) is 4.43. The summed E-state index contributed by atoms with van der Waals surface area (Å²) in [5, 5.41) is 6.00. The number of aromatic nitrogens is 2. The molecule has 0 amide bonds. The smallest absolute Gasteiger partial charge is 0.161 e. The maximum Gasteiger partial charge on any atom is 0.161 e. The summed E-state index contributed by atoms with van der Waals surface area (Å²) >= 11 is 0. The van der Waals surface area contributed by atoms with Crippen LogP contribution in [0.5, 0.6) is 11.5 Å². The second-order valence-electron chi connectivity index (χ2n) is 5.66. The number of methoxy groups -OCH3 is 2. The van der Waals surface area contributed by atoms with Crippen molar-refractivity contribution in [2.45, 2.75) is 19.9 Å². The zero-order chi connectivity index (χ0) is 15.3. The molecule has 1 aromatic heterocycles. The van der Waals surface area contributed by atoms with Gasteiger partial charge >= 0.3 is 0 Å². The lowest BCUT2D eigenvalue weighted by Crippen LogP contribution is -2.12. The quantitative estimate of drug-likeness (QED) is 0.724. The van der Waals surface area contributed by atoms with Crippen molar-refractivity contribution in [2.24, 2.45) is 0 Å². The molecule has 0 aliphatic carbocycles. The van der Waals surface area contributed by atoms with Crippen molar-refractivity contribution in [2.75, 3.05) is 14.2 Å². The van der Waals surface area contributed by atoms with E-state index in [1.54, 1.807) is 14.2 Å². The average Bonchev–Trinajstić information content (AvgIpc) is 2.94. The first kappa shape index (κ1) is 13.2. The number of fused-ring (bicyclic) bond motifs is 5. The Morgan fingerprint density at radius 2 is 1.86 bits per heavy atom. The Bertz CT molecular complexity index is 880. The molecule has 4 nitrogen and oxygen atoms in total. The third kappa shape index (κ3) is 1.73. The van der Waals surface area contributed by atoms with Crippen LogP contribution in [0.4, 0.5) is 0 Å². The first-order valence-corrected chi connectivity index (χ1v) is 7.44. The summed E-state index contributed by atoms with van der Waals surface area (Å²) in [7, 11) is 3.35. The zero-order valence-electron chi connectivity index (χ0n) is 13.0. The molecule has 2 aromatic carbocycles. The molecule has 0 bridgehead atoms. The predicted molar refractivity (Wildman–Crippen MR) is 86.7 cm³/mol. The van der Waals surface area contributed by atoms with Crippen LogP contribution < -0.4 is 9.47 Å². The fourth-order valence-electron chi connectivity index (χ4n) is 3.31. The highest BCUT2D eigenvalue weighted by atomic mass is 16.5. The van der Waals surface area contributed by atoms with Crippen molar-refractivity contribution in [3.8, 4) is 22.8 Å². The number of aryl methyl sites for hydroxylation is 3. The number of rotatable bonds is 2. The van der Waals surface area contributed by atoms with Gasteiger partial charge < -0.3 is 9.47 Å². The summed E-state index contributed by atoms with van der Waals surface area (Å²) in [6.07, 6.45) is 0.954. The van der Waals surface area contributed by atoms with E-state index in [4.69, 9.17) is 14.6 Å². The fourth-order valence-corrected chi connectivity index (χ4v) is 3.31. The van der Waals surface area contributed by atoms with Crippen molar-refractivity contribution >= 4 is 10.9 Å². The molecule has 1 aliphatic heterocycles. The number of hydrogen-bond acceptors (Lipinski definition) is 3. The van der Waals surface area contributed by atoms with Crippen LogP contribution in [-0.2, 0) is 13.0 Å². The lowest BCUT2D eigenvalue weighted by molar-refractivity contribution is 0.354. The Morgan fingerprint density at radius 1 is 1.09 bits per heavy atom. The van der Waals surface area contributed by atoms with Crippen molar-refractivity contribution in [3.05, 3.63) is 41.5 Å². The molecule has 0 spiro atoms. The van der Waals surface area contributed by atoms with Gasteiger partial charge in [-0.2, -0.15) is 5.10 Å². The summed E-state index contributed by atoms with van der Waals surface area (Å²) in [5.74, 6) is 1.55. The van der Waals surface area contributed by atoms with E-state index in [2.05, 4.69) is 41.9 Å². The van der Waals surface area contributed by atoms with E-state index >= 15 is 0 Å². The highest BCUT2D eigenvalue weighted by molar-refractivity contribution is 5.96. The second-order valence-corrected chi connectivity index (χ2v) is 5.66. The maximum atomic E-state index is 5.48. The topological polar surface area (TPSA) is 36.3 Å². The normalized spacial score (nSPS) is 12.9. The molecule has 4 rings (SSSR count). The van der Waals surface area contributed by atoms with Gasteiger partial charge in [0.15, 0.2) is 11.5 Å². The van der Waals surface area contributed by atoms with Gasteiger partial charge in [-0.05, 0) is 36.6 Å². The van der Waals surface area contributed by atoms with Gasteiger partial charge in [-0.15, -0.1) is 0 Å². The first-order valence-electron chi connectivity index (χ1n) is 7.44. The number of hydrogen-bond donors (Lipinski definition) is 0. The molecular formula is C18H18N2O2. The molecule has 0 N–H and O–H groups in total. The SMILES string of the molecule is COc1cc2c(cc1OC)-c1c3cccc(C)c3nn1CC2. The molecule has 3 aromatic rings. The van der Waals surface area contributed by atoms with Gasteiger partial charge in [0.05, 0.1) is 25.4 Å². The van der Waals surface area contributed by atoms with Gasteiger partial charge in [0.1, 0.15) is 0 Å². The fraction of sp³-hybridized carbons (Fsp3) is 0.278. The van der Waals surface area contributed by atoms with Crippen LogP contribution in [0.3, 0.4) is 0 Å². The molecule has 0 radical (unpaired) electrons. The van der Waals surface area contributed by atoms with Crippen LogP contribution in [0, 0.1) is 6.92 Å². The predicted octanol–water partition coefficient (Wildman–Crippen LogP) is 3.59. The van der Waals surface area contributed by atoms with E-state index in [0.717, 1.165) is 30.0 Å². The van der Waals surface area contributed by atoms with Crippen LogP contribution in [0.1, 0.15) is 11.1 Å². The first-order chi connectivity index (χ1) is 10.7. The van der Waals surface area contributed by atoms with E-state index in [1.165, 1.54) is 27.8 Å². The highest BCUT2D eigenvalue weighted by Crippen LogP contribution is 2.41. The maximum absolute atomic E-state index is 5.48.